The zero-order chi connectivity index (χ0) is 46.7. The van der Waals surface area contributed by atoms with E-state index in [9.17, 15) is 19.8 Å². The summed E-state index contributed by atoms with van der Waals surface area (Å²) in [6.45, 7) is 6.35. The molecule has 0 saturated carbocycles. The average Bonchev–Trinajstić information content (AvgIpc) is 3.29. The molecule has 0 aliphatic rings. The Morgan fingerprint density at radius 1 is 0.469 bits per heavy atom. The molecule has 0 saturated heterocycles. The van der Waals surface area contributed by atoms with E-state index in [2.05, 4.69) is 50.4 Å². The number of carbonyl (C=O) groups is 2. The maximum Gasteiger partial charge on any atom is 0.306 e. The van der Waals surface area contributed by atoms with Gasteiger partial charge in [0, 0.05) is 6.42 Å². The highest BCUT2D eigenvalue weighted by molar-refractivity contribution is 5.77. The van der Waals surface area contributed by atoms with E-state index < -0.39 is 18.2 Å². The summed E-state index contributed by atoms with van der Waals surface area (Å²) in [6.07, 6.45) is 64.2. The molecule has 0 spiro atoms. The number of aliphatic hydroxyl groups is 2. The van der Waals surface area contributed by atoms with Gasteiger partial charge in [-0.3, -0.25) is 9.59 Å². The minimum Gasteiger partial charge on any atom is -0.462 e. The number of esters is 1. The van der Waals surface area contributed by atoms with Gasteiger partial charge in [-0.1, -0.05) is 274 Å². The summed E-state index contributed by atoms with van der Waals surface area (Å²) < 4.78 is 5.94. The Morgan fingerprint density at radius 3 is 1.27 bits per heavy atom. The summed E-state index contributed by atoms with van der Waals surface area (Å²) in [5.74, 6) is -0.513. The molecule has 0 aromatic carbocycles. The molecule has 0 aromatic rings. The van der Waals surface area contributed by atoms with Crippen LogP contribution in [0.1, 0.15) is 271 Å². The van der Waals surface area contributed by atoms with Crippen molar-refractivity contribution in [2.75, 3.05) is 6.61 Å². The average molecular weight is 896 g/mol. The lowest BCUT2D eigenvalue weighted by atomic mass is 10.0. The van der Waals surface area contributed by atoms with E-state index in [1.807, 2.05) is 36.5 Å². The first-order chi connectivity index (χ1) is 31.5. The number of unbranched alkanes of at least 4 members (excludes halogenated alkanes) is 31. The topological polar surface area (TPSA) is 95.9 Å². The third-order valence-corrected chi connectivity index (χ3v) is 12.5. The number of amides is 1. The number of carbonyl (C=O) groups excluding carboxylic acids is 2. The largest absolute Gasteiger partial charge is 0.462 e. The summed E-state index contributed by atoms with van der Waals surface area (Å²) >= 11 is 0. The van der Waals surface area contributed by atoms with Crippen molar-refractivity contribution in [2.24, 2.45) is 0 Å². The van der Waals surface area contributed by atoms with Gasteiger partial charge in [0.1, 0.15) is 6.10 Å². The van der Waals surface area contributed by atoms with E-state index in [0.717, 1.165) is 70.6 Å². The van der Waals surface area contributed by atoms with E-state index in [1.165, 1.54) is 154 Å². The van der Waals surface area contributed by atoms with Crippen molar-refractivity contribution in [2.45, 2.75) is 289 Å². The Morgan fingerprint density at radius 2 is 0.844 bits per heavy atom. The lowest BCUT2D eigenvalue weighted by Crippen LogP contribution is -2.46. The lowest BCUT2D eigenvalue weighted by molar-refractivity contribution is -0.151. The van der Waals surface area contributed by atoms with E-state index in [4.69, 9.17) is 4.74 Å². The van der Waals surface area contributed by atoms with Gasteiger partial charge in [0.25, 0.3) is 0 Å². The molecule has 0 bridgehead atoms. The maximum atomic E-state index is 13.2. The van der Waals surface area contributed by atoms with Crippen LogP contribution in [0, 0.1) is 0 Å². The van der Waals surface area contributed by atoms with E-state index >= 15 is 0 Å². The number of aliphatic hydroxyl groups excluding tert-OH is 2. The highest BCUT2D eigenvalue weighted by atomic mass is 16.5. The second-order valence-corrected chi connectivity index (χ2v) is 18.7. The van der Waals surface area contributed by atoms with Crippen LogP contribution in [0.15, 0.2) is 60.8 Å². The van der Waals surface area contributed by atoms with Gasteiger partial charge in [-0.25, -0.2) is 0 Å². The summed E-state index contributed by atoms with van der Waals surface area (Å²) in [5.41, 5.74) is 0. The molecular weight excluding hydrogens is 791 g/mol. The first-order valence-electron chi connectivity index (χ1n) is 27.6. The van der Waals surface area contributed by atoms with Crippen LogP contribution in [0.25, 0.3) is 0 Å². The predicted molar refractivity (Wildman–Crippen MR) is 278 cm³/mol. The van der Waals surface area contributed by atoms with Crippen LogP contribution in [0.2, 0.25) is 0 Å². The molecule has 3 unspecified atom stereocenters. The predicted octanol–water partition coefficient (Wildman–Crippen LogP) is 16.8. The Kier molecular flexibility index (Phi) is 49.6. The molecule has 3 atom stereocenters. The maximum absolute atomic E-state index is 13.2. The Labute approximate surface area is 397 Å². The summed E-state index contributed by atoms with van der Waals surface area (Å²) in [5, 5.41) is 23.8. The molecule has 0 aromatic heterocycles. The first-order valence-corrected chi connectivity index (χ1v) is 27.6. The fourth-order valence-electron chi connectivity index (χ4n) is 8.34. The number of ether oxygens (including phenoxy) is 1. The molecule has 64 heavy (non-hydrogen) atoms. The fraction of sp³-hybridized carbons (Fsp3) is 0.793. The molecule has 372 valence electrons. The quantitative estimate of drug-likeness (QED) is 0.0321. The Bertz CT molecular complexity index is 1140. The van der Waals surface area contributed by atoms with Crippen LogP contribution >= 0.6 is 0 Å². The third kappa shape index (κ3) is 46.1. The number of hydrogen-bond donors (Lipinski definition) is 3. The van der Waals surface area contributed by atoms with Crippen LogP contribution < -0.4 is 5.32 Å². The minimum absolute atomic E-state index is 0.0618. The molecule has 0 aliphatic carbocycles. The van der Waals surface area contributed by atoms with Crippen LogP contribution in [-0.2, 0) is 14.3 Å². The zero-order valence-electron chi connectivity index (χ0n) is 42.4. The van der Waals surface area contributed by atoms with Gasteiger partial charge in [0.15, 0.2) is 0 Å². The number of allylic oxidation sites excluding steroid dienone is 10. The van der Waals surface area contributed by atoms with Crippen LogP contribution in [0.3, 0.4) is 0 Å². The van der Waals surface area contributed by atoms with Gasteiger partial charge >= 0.3 is 5.97 Å². The summed E-state index contributed by atoms with van der Waals surface area (Å²) in [4.78, 5) is 26.2. The SMILES string of the molecule is CC/C=C/C=C/C=C\C=C/C=C/CCCCCC(=O)OC(CCCCCCCCCCCCCCCCCCC)CC(=O)NC(CO)C(O)CCCCCCCCCCCCCCC. The number of hydrogen-bond acceptors (Lipinski definition) is 5. The highest BCUT2D eigenvalue weighted by Crippen LogP contribution is 2.18. The highest BCUT2D eigenvalue weighted by Gasteiger charge is 2.24. The van der Waals surface area contributed by atoms with E-state index in [-0.39, 0.29) is 24.9 Å². The molecule has 0 aliphatic heterocycles. The fourth-order valence-corrected chi connectivity index (χ4v) is 8.34. The van der Waals surface area contributed by atoms with Crippen molar-refractivity contribution in [1.82, 2.24) is 5.32 Å². The Hall–Kier alpha value is -2.44. The van der Waals surface area contributed by atoms with Crippen molar-refractivity contribution >= 4 is 11.9 Å². The summed E-state index contributed by atoms with van der Waals surface area (Å²) in [7, 11) is 0. The van der Waals surface area contributed by atoms with Gasteiger partial charge in [-0.05, 0) is 44.9 Å². The monoisotopic (exact) mass is 896 g/mol. The molecule has 6 nitrogen and oxygen atoms in total. The molecule has 0 radical (unpaired) electrons. The van der Waals surface area contributed by atoms with Gasteiger partial charge < -0.3 is 20.3 Å². The minimum atomic E-state index is -0.795. The normalized spacial score (nSPS) is 13.6. The molecule has 0 rings (SSSR count). The summed E-state index contributed by atoms with van der Waals surface area (Å²) in [6, 6.07) is -0.711. The van der Waals surface area contributed by atoms with Crippen LogP contribution in [0.5, 0.6) is 0 Å². The van der Waals surface area contributed by atoms with Crippen molar-refractivity contribution < 1.29 is 24.5 Å². The lowest BCUT2D eigenvalue weighted by Gasteiger charge is -2.24. The van der Waals surface area contributed by atoms with Gasteiger partial charge in [-0.2, -0.15) is 0 Å². The molecule has 1 amide bonds. The third-order valence-electron chi connectivity index (χ3n) is 12.5. The van der Waals surface area contributed by atoms with Crippen LogP contribution in [-0.4, -0.2) is 46.9 Å². The molecule has 3 N–H and O–H groups in total. The smallest absolute Gasteiger partial charge is 0.306 e. The Balaban J connectivity index is 4.63. The van der Waals surface area contributed by atoms with E-state index in [0.29, 0.717) is 19.3 Å². The zero-order valence-corrected chi connectivity index (χ0v) is 42.4. The second-order valence-electron chi connectivity index (χ2n) is 18.7. The van der Waals surface area contributed by atoms with Crippen LogP contribution in [0.4, 0.5) is 0 Å². The molecular formula is C58H105NO5. The van der Waals surface area contributed by atoms with E-state index in [1.54, 1.807) is 0 Å². The molecule has 0 heterocycles. The van der Waals surface area contributed by atoms with Gasteiger partial charge in [0.05, 0.1) is 25.2 Å². The van der Waals surface area contributed by atoms with Gasteiger partial charge in [0.2, 0.25) is 5.91 Å². The molecule has 0 fully saturated rings. The second kappa shape index (κ2) is 51.5. The first kappa shape index (κ1) is 61.6. The van der Waals surface area contributed by atoms with Gasteiger partial charge in [-0.15, -0.1) is 0 Å². The van der Waals surface area contributed by atoms with Crippen molar-refractivity contribution in [3.05, 3.63) is 60.8 Å². The number of rotatable bonds is 49. The molecule has 6 heteroatoms. The van der Waals surface area contributed by atoms with Crippen molar-refractivity contribution in [3.8, 4) is 0 Å². The standard InChI is InChI=1S/C58H105NO5/c1-4-7-10-13-16-19-22-25-27-28-30-32-34-37-40-43-46-49-54(64-58(63)51-48-45-42-39-36-33-29-26-23-20-17-14-11-8-5-2)52-57(62)59-55(53-60)56(61)50-47-44-41-38-35-31-24-21-18-15-12-9-6-3/h8,11,14,17,20,23,26,29,33,36,54-56,60-61H,4-7,9-10,12-13,15-16,18-19,21-22,24-25,27-28,30-32,34-35,37-53H2,1-3H3,(H,59,62)/b11-8+,17-14+,23-20-,29-26-,36-33+. The number of nitrogens with one attached hydrogen (secondary N) is 1. The van der Waals surface area contributed by atoms with Crippen molar-refractivity contribution in [1.29, 1.82) is 0 Å². The van der Waals surface area contributed by atoms with Crippen molar-refractivity contribution in [3.63, 3.8) is 0 Å².